The Balaban J connectivity index is 1.95. The molecule has 2 rings (SSSR count). The van der Waals surface area contributed by atoms with Crippen LogP contribution >= 0.6 is 0 Å². The molecule has 1 N–H and O–H groups in total. The third-order valence-corrected chi connectivity index (χ3v) is 4.21. The van der Waals surface area contributed by atoms with Gasteiger partial charge in [-0.15, -0.1) is 0 Å². The van der Waals surface area contributed by atoms with Gasteiger partial charge < -0.3 is 9.73 Å². The summed E-state index contributed by atoms with van der Waals surface area (Å²) in [5.74, 6) is 2.19. The van der Waals surface area contributed by atoms with Crippen molar-refractivity contribution in [2.45, 2.75) is 73.0 Å². The Bertz CT molecular complexity index is 468. The quantitative estimate of drug-likeness (QED) is 0.905. The number of likely N-dealkylation sites (tertiary alicyclic amines) is 1. The first-order chi connectivity index (χ1) is 9.65. The number of hydrogen-bond acceptors (Lipinski definition) is 3. The molecule has 3 nitrogen and oxygen atoms in total. The first-order valence-electron chi connectivity index (χ1n) is 8.20. The zero-order chi connectivity index (χ0) is 15.7. The number of nitrogens with zero attached hydrogens (tertiary/aromatic N) is 1. The van der Waals surface area contributed by atoms with Crippen molar-refractivity contribution in [3.05, 3.63) is 23.2 Å². The SMILES string of the molecule is Cc1cc(CN2CCCC(C)(C)C2)oc1CNC(C)(C)C. The summed E-state index contributed by atoms with van der Waals surface area (Å²) in [7, 11) is 0. The highest BCUT2D eigenvalue weighted by atomic mass is 16.3. The molecule has 1 aliphatic rings. The Morgan fingerprint density at radius 3 is 2.67 bits per heavy atom. The Morgan fingerprint density at radius 2 is 2.05 bits per heavy atom. The average molecular weight is 292 g/mol. The lowest BCUT2D eigenvalue weighted by molar-refractivity contribution is 0.104. The second kappa shape index (κ2) is 6.13. The molecule has 0 bridgehead atoms. The van der Waals surface area contributed by atoms with Crippen LogP contribution in [0.4, 0.5) is 0 Å². The van der Waals surface area contributed by atoms with Crippen LogP contribution < -0.4 is 5.32 Å². The van der Waals surface area contributed by atoms with Crippen LogP contribution in [0.3, 0.4) is 0 Å². The fourth-order valence-electron chi connectivity index (χ4n) is 3.09. The van der Waals surface area contributed by atoms with E-state index in [1.807, 2.05) is 0 Å². The Hall–Kier alpha value is -0.800. The molecule has 0 amide bonds. The molecule has 1 aromatic heterocycles. The number of furan rings is 1. The van der Waals surface area contributed by atoms with Gasteiger partial charge in [0.1, 0.15) is 11.5 Å². The summed E-state index contributed by atoms with van der Waals surface area (Å²) in [4.78, 5) is 2.53. The summed E-state index contributed by atoms with van der Waals surface area (Å²) in [6, 6.07) is 2.21. The highest BCUT2D eigenvalue weighted by Crippen LogP contribution is 2.29. The van der Waals surface area contributed by atoms with E-state index in [9.17, 15) is 0 Å². The fraction of sp³-hybridized carbons (Fsp3) is 0.778. The van der Waals surface area contributed by atoms with E-state index in [-0.39, 0.29) is 5.54 Å². The van der Waals surface area contributed by atoms with Crippen LogP contribution in [-0.4, -0.2) is 23.5 Å². The maximum absolute atomic E-state index is 6.08. The fourth-order valence-corrected chi connectivity index (χ4v) is 3.09. The average Bonchev–Trinajstić information content (AvgIpc) is 2.64. The van der Waals surface area contributed by atoms with E-state index in [1.54, 1.807) is 0 Å². The minimum absolute atomic E-state index is 0.121. The van der Waals surface area contributed by atoms with Crippen LogP contribution in [-0.2, 0) is 13.1 Å². The van der Waals surface area contributed by atoms with Crippen LogP contribution in [0.25, 0.3) is 0 Å². The van der Waals surface area contributed by atoms with E-state index < -0.39 is 0 Å². The molecule has 1 aromatic rings. The van der Waals surface area contributed by atoms with Crippen molar-refractivity contribution < 1.29 is 4.42 Å². The van der Waals surface area contributed by atoms with E-state index in [2.05, 4.69) is 57.8 Å². The first-order valence-corrected chi connectivity index (χ1v) is 8.20. The number of rotatable bonds is 4. The van der Waals surface area contributed by atoms with Crippen LogP contribution in [0.2, 0.25) is 0 Å². The second-order valence-corrected chi connectivity index (χ2v) is 8.40. The van der Waals surface area contributed by atoms with Crippen molar-refractivity contribution in [3.63, 3.8) is 0 Å². The van der Waals surface area contributed by atoms with Gasteiger partial charge in [0.15, 0.2) is 0 Å². The summed E-state index contributed by atoms with van der Waals surface area (Å²) in [5, 5.41) is 3.50. The van der Waals surface area contributed by atoms with Crippen LogP contribution in [0.15, 0.2) is 10.5 Å². The smallest absolute Gasteiger partial charge is 0.120 e. The molecule has 0 aromatic carbocycles. The van der Waals surface area contributed by atoms with Gasteiger partial charge in [-0.05, 0) is 64.1 Å². The zero-order valence-corrected chi connectivity index (χ0v) is 14.7. The molecule has 1 aliphatic heterocycles. The van der Waals surface area contributed by atoms with Gasteiger partial charge >= 0.3 is 0 Å². The third kappa shape index (κ3) is 5.15. The molecule has 3 heteroatoms. The van der Waals surface area contributed by atoms with Gasteiger partial charge in [-0.2, -0.15) is 0 Å². The van der Waals surface area contributed by atoms with Gasteiger partial charge in [0.2, 0.25) is 0 Å². The van der Waals surface area contributed by atoms with E-state index in [4.69, 9.17) is 4.42 Å². The van der Waals surface area contributed by atoms with E-state index in [1.165, 1.54) is 31.5 Å². The lowest BCUT2D eigenvalue weighted by atomic mass is 9.84. The van der Waals surface area contributed by atoms with Gasteiger partial charge in [0.05, 0.1) is 13.1 Å². The molecular weight excluding hydrogens is 260 g/mol. The molecule has 120 valence electrons. The van der Waals surface area contributed by atoms with E-state index in [0.717, 1.165) is 24.6 Å². The molecule has 0 radical (unpaired) electrons. The summed E-state index contributed by atoms with van der Waals surface area (Å²) in [6.07, 6.45) is 2.63. The Morgan fingerprint density at radius 1 is 1.33 bits per heavy atom. The topological polar surface area (TPSA) is 28.4 Å². The minimum atomic E-state index is 0.121. The van der Waals surface area contributed by atoms with Gasteiger partial charge in [-0.25, -0.2) is 0 Å². The van der Waals surface area contributed by atoms with Crippen molar-refractivity contribution in [1.82, 2.24) is 10.2 Å². The van der Waals surface area contributed by atoms with Gasteiger partial charge in [0, 0.05) is 12.1 Å². The van der Waals surface area contributed by atoms with Crippen LogP contribution in [0, 0.1) is 12.3 Å². The lowest BCUT2D eigenvalue weighted by Crippen LogP contribution is -2.39. The standard InChI is InChI=1S/C18H32N2O/c1-14-10-15(21-16(14)11-19-17(2,3)4)12-20-9-7-8-18(5,6)13-20/h10,19H,7-9,11-13H2,1-6H3. The summed E-state index contributed by atoms with van der Waals surface area (Å²) in [5.41, 5.74) is 1.82. The highest BCUT2D eigenvalue weighted by molar-refractivity contribution is 5.20. The molecule has 0 unspecified atom stereocenters. The number of aryl methyl sites for hydroxylation is 1. The number of hydrogen-bond donors (Lipinski definition) is 1. The predicted octanol–water partition coefficient (Wildman–Crippen LogP) is 4.10. The molecule has 0 aliphatic carbocycles. The van der Waals surface area contributed by atoms with E-state index >= 15 is 0 Å². The van der Waals surface area contributed by atoms with E-state index in [0.29, 0.717) is 5.41 Å². The summed E-state index contributed by atoms with van der Waals surface area (Å²) >= 11 is 0. The highest BCUT2D eigenvalue weighted by Gasteiger charge is 2.27. The lowest BCUT2D eigenvalue weighted by Gasteiger charge is -2.37. The van der Waals surface area contributed by atoms with Crippen molar-refractivity contribution in [1.29, 1.82) is 0 Å². The summed E-state index contributed by atoms with van der Waals surface area (Å²) in [6.45, 7) is 17.5. The monoisotopic (exact) mass is 292 g/mol. The Labute approximate surface area is 130 Å². The molecule has 0 atom stereocenters. The maximum atomic E-state index is 6.08. The molecular formula is C18H32N2O. The van der Waals surface area contributed by atoms with Gasteiger partial charge in [-0.3, -0.25) is 4.90 Å². The molecule has 21 heavy (non-hydrogen) atoms. The normalized spacial score (nSPS) is 19.9. The third-order valence-electron chi connectivity index (χ3n) is 4.21. The molecule has 0 spiro atoms. The second-order valence-electron chi connectivity index (χ2n) is 8.40. The number of nitrogens with one attached hydrogen (secondary N) is 1. The Kier molecular flexibility index (Phi) is 4.84. The van der Waals surface area contributed by atoms with Crippen molar-refractivity contribution in [2.75, 3.05) is 13.1 Å². The van der Waals surface area contributed by atoms with Crippen molar-refractivity contribution >= 4 is 0 Å². The van der Waals surface area contributed by atoms with Crippen molar-refractivity contribution in [3.8, 4) is 0 Å². The maximum Gasteiger partial charge on any atom is 0.120 e. The largest absolute Gasteiger partial charge is 0.463 e. The van der Waals surface area contributed by atoms with Crippen molar-refractivity contribution in [2.24, 2.45) is 5.41 Å². The number of piperidine rings is 1. The molecule has 0 saturated carbocycles. The van der Waals surface area contributed by atoms with Crippen LogP contribution in [0.5, 0.6) is 0 Å². The first kappa shape index (κ1) is 16.6. The zero-order valence-electron chi connectivity index (χ0n) is 14.7. The van der Waals surface area contributed by atoms with Gasteiger partial charge in [-0.1, -0.05) is 13.8 Å². The van der Waals surface area contributed by atoms with Gasteiger partial charge in [0.25, 0.3) is 0 Å². The van der Waals surface area contributed by atoms with Crippen LogP contribution in [0.1, 0.15) is 64.5 Å². The minimum Gasteiger partial charge on any atom is -0.463 e. The molecule has 2 heterocycles. The molecule has 1 saturated heterocycles. The summed E-state index contributed by atoms with van der Waals surface area (Å²) < 4.78 is 6.08. The predicted molar refractivity (Wildman–Crippen MR) is 88.3 cm³/mol. The molecule has 1 fully saturated rings.